The number of carboxylic acids is 1. The molecule has 0 radical (unpaired) electrons. The van der Waals surface area contributed by atoms with E-state index in [1.165, 1.54) is 29.8 Å². The Morgan fingerprint density at radius 2 is 1.53 bits per heavy atom. The highest BCUT2D eigenvalue weighted by atomic mass is 16.6. The monoisotopic (exact) mass is 812 g/mol. The lowest BCUT2D eigenvalue weighted by Gasteiger charge is -2.41. The van der Waals surface area contributed by atoms with Gasteiger partial charge < -0.3 is 40.6 Å². The normalized spacial score (nSPS) is 13.9. The average Bonchev–Trinajstić information content (AvgIpc) is 3.47. The van der Waals surface area contributed by atoms with E-state index in [1.54, 1.807) is 27.8 Å². The van der Waals surface area contributed by atoms with Crippen molar-refractivity contribution in [1.29, 1.82) is 0 Å². The van der Waals surface area contributed by atoms with Crippen molar-refractivity contribution >= 4 is 46.6 Å². The second-order valence-corrected chi connectivity index (χ2v) is 17.7. The molecule has 3 unspecified atom stereocenters. The van der Waals surface area contributed by atoms with Crippen LogP contribution in [0.15, 0.2) is 42.1 Å². The van der Waals surface area contributed by atoms with E-state index < -0.39 is 64.3 Å². The number of carboxylic acid groups (broad SMARTS) is 1. The summed E-state index contributed by atoms with van der Waals surface area (Å²) in [5.41, 5.74) is -0.649. The number of ether oxygens (including phenoxy) is 1. The number of likely N-dealkylation sites (N-methyl/N-ethyl adjacent to an activating group) is 2. The molecule has 0 bridgehead atoms. The predicted molar refractivity (Wildman–Crippen MR) is 226 cm³/mol. The van der Waals surface area contributed by atoms with Gasteiger partial charge in [-0.15, -0.1) is 0 Å². The Labute approximate surface area is 344 Å². The Morgan fingerprint density at radius 1 is 0.914 bits per heavy atom. The molecule has 3 atom stereocenters. The average molecular weight is 812 g/mol. The molecule has 0 aliphatic heterocycles. The van der Waals surface area contributed by atoms with Gasteiger partial charge in [-0.25, -0.2) is 9.59 Å². The van der Waals surface area contributed by atoms with Crippen LogP contribution in [0.4, 0.5) is 4.79 Å². The molecule has 1 aromatic heterocycles. The second-order valence-electron chi connectivity index (χ2n) is 17.7. The summed E-state index contributed by atoms with van der Waals surface area (Å²) in [5, 5.41) is 22.0. The molecule has 1 heterocycles. The van der Waals surface area contributed by atoms with Crippen molar-refractivity contribution in [2.24, 2.45) is 12.5 Å². The van der Waals surface area contributed by atoms with Crippen LogP contribution in [0, 0.1) is 5.41 Å². The lowest BCUT2D eigenvalue weighted by Crippen LogP contribution is -2.62. The SMILES string of the molecule is CNCCCCCNC(=O)CCC(NC(=O)/C(C)=C/CN(C)C(=O)C(NC(=O)C(N(C)C(=O)OC(C)(C)C)C(C)(C)c1cn(C)c2ccccc12)C(C)(C)C)C(=O)O. The Balaban J connectivity index is 2.27. The molecule has 2 aromatic rings. The summed E-state index contributed by atoms with van der Waals surface area (Å²) in [7, 11) is 6.85. The van der Waals surface area contributed by atoms with Gasteiger partial charge in [0.1, 0.15) is 23.7 Å². The molecule has 324 valence electrons. The van der Waals surface area contributed by atoms with E-state index in [1.807, 2.05) is 83.7 Å². The minimum absolute atomic E-state index is 0.0300. The van der Waals surface area contributed by atoms with E-state index in [-0.39, 0.29) is 30.9 Å². The van der Waals surface area contributed by atoms with Gasteiger partial charge in [0.2, 0.25) is 23.6 Å². The maximum Gasteiger partial charge on any atom is 0.410 e. The topological polar surface area (TPSA) is 191 Å². The van der Waals surface area contributed by atoms with Crippen molar-refractivity contribution in [3.05, 3.63) is 47.7 Å². The first kappa shape index (κ1) is 49.2. The van der Waals surface area contributed by atoms with Gasteiger partial charge in [-0.1, -0.05) is 65.3 Å². The van der Waals surface area contributed by atoms with E-state index in [0.29, 0.717) is 6.54 Å². The van der Waals surface area contributed by atoms with Crippen molar-refractivity contribution < 1.29 is 38.6 Å². The van der Waals surface area contributed by atoms with Gasteiger partial charge >= 0.3 is 12.1 Å². The summed E-state index contributed by atoms with van der Waals surface area (Å²) in [5.74, 6) is -3.21. The number of aryl methyl sites for hydroxylation is 1. The third-order valence-electron chi connectivity index (χ3n) is 10.1. The number of para-hydroxylation sites is 1. The molecule has 0 aliphatic carbocycles. The quantitative estimate of drug-likeness (QED) is 0.0948. The van der Waals surface area contributed by atoms with Crippen LogP contribution >= 0.6 is 0 Å². The number of fused-ring (bicyclic) bond motifs is 1. The molecule has 58 heavy (non-hydrogen) atoms. The first-order valence-corrected chi connectivity index (χ1v) is 20.0. The highest BCUT2D eigenvalue weighted by Crippen LogP contribution is 2.37. The van der Waals surface area contributed by atoms with Gasteiger partial charge in [-0.3, -0.25) is 24.1 Å². The Hall–Kier alpha value is -4.92. The first-order valence-electron chi connectivity index (χ1n) is 20.0. The fourth-order valence-corrected chi connectivity index (χ4v) is 6.70. The second kappa shape index (κ2) is 21.2. The van der Waals surface area contributed by atoms with Crippen molar-refractivity contribution in [3.63, 3.8) is 0 Å². The van der Waals surface area contributed by atoms with Gasteiger partial charge in [0.15, 0.2) is 0 Å². The van der Waals surface area contributed by atoms with Crippen LogP contribution < -0.4 is 21.3 Å². The number of unbranched alkanes of at least 4 members (excludes halogenated alkanes) is 2. The van der Waals surface area contributed by atoms with E-state index in [2.05, 4.69) is 21.3 Å². The molecule has 0 saturated heterocycles. The molecule has 5 amide bonds. The molecular formula is C43H69N7O8. The third-order valence-corrected chi connectivity index (χ3v) is 10.1. The van der Waals surface area contributed by atoms with E-state index in [4.69, 9.17) is 4.74 Å². The summed E-state index contributed by atoms with van der Waals surface area (Å²) < 4.78 is 7.68. The number of hydrogen-bond acceptors (Lipinski definition) is 8. The van der Waals surface area contributed by atoms with Crippen LogP contribution in [-0.2, 0) is 41.2 Å². The Kier molecular flexibility index (Phi) is 18.0. The Bertz CT molecular complexity index is 1790. The van der Waals surface area contributed by atoms with E-state index in [9.17, 15) is 33.9 Å². The van der Waals surface area contributed by atoms with Crippen molar-refractivity contribution in [3.8, 4) is 0 Å². The zero-order valence-corrected chi connectivity index (χ0v) is 37.0. The largest absolute Gasteiger partial charge is 0.480 e. The Morgan fingerprint density at radius 3 is 2.12 bits per heavy atom. The molecular weight excluding hydrogens is 743 g/mol. The summed E-state index contributed by atoms with van der Waals surface area (Å²) >= 11 is 0. The highest BCUT2D eigenvalue weighted by Gasteiger charge is 2.46. The van der Waals surface area contributed by atoms with Crippen molar-refractivity contribution in [1.82, 2.24) is 35.6 Å². The number of amides is 5. The minimum atomic E-state index is -1.29. The smallest absolute Gasteiger partial charge is 0.410 e. The molecule has 0 aliphatic rings. The number of carbonyl (C=O) groups excluding carboxylic acids is 5. The molecule has 15 nitrogen and oxygen atoms in total. The van der Waals surface area contributed by atoms with Crippen LogP contribution in [0.25, 0.3) is 10.9 Å². The minimum Gasteiger partial charge on any atom is -0.480 e. The number of aromatic nitrogens is 1. The summed E-state index contributed by atoms with van der Waals surface area (Å²) in [4.78, 5) is 82.3. The number of rotatable bonds is 20. The molecule has 0 fully saturated rings. The molecule has 1 aromatic carbocycles. The molecule has 2 rings (SSSR count). The van der Waals surface area contributed by atoms with Crippen LogP contribution in [0.3, 0.4) is 0 Å². The number of nitrogens with zero attached hydrogens (tertiary/aromatic N) is 3. The van der Waals surface area contributed by atoms with Crippen LogP contribution in [0.2, 0.25) is 0 Å². The lowest BCUT2D eigenvalue weighted by molar-refractivity contribution is -0.141. The number of benzene rings is 1. The summed E-state index contributed by atoms with van der Waals surface area (Å²) in [6.07, 6.45) is 5.34. The zero-order valence-electron chi connectivity index (χ0n) is 37.0. The maximum atomic E-state index is 14.6. The van der Waals surface area contributed by atoms with Crippen LogP contribution in [0.5, 0.6) is 0 Å². The number of nitrogens with one attached hydrogen (secondary N) is 4. The fraction of sp³-hybridized carbons (Fsp3) is 0.628. The zero-order chi connectivity index (χ0) is 44.2. The summed E-state index contributed by atoms with van der Waals surface area (Å²) in [6, 6.07) is 4.33. The number of hydrogen-bond donors (Lipinski definition) is 5. The maximum absolute atomic E-state index is 14.6. The van der Waals surface area contributed by atoms with E-state index in [0.717, 1.165) is 42.3 Å². The lowest BCUT2D eigenvalue weighted by atomic mass is 9.76. The first-order chi connectivity index (χ1) is 26.8. The number of aliphatic carboxylic acids is 1. The van der Waals surface area contributed by atoms with Gasteiger partial charge in [-0.2, -0.15) is 0 Å². The standard InChI is InChI=1S/C43H69N7O8/c1-28(36(52)46-31(39(55)56)21-22-33(51)45-25-18-14-17-24-44-10)23-26-48(11)38(54)34(41(2,3)4)47-37(53)35(50(13)40(57)58-42(5,6)7)43(8,9)30-27-49(12)32-20-16-15-19-29(30)32/h15-16,19-20,23,27,31,34-35,44H,14,17-18,21-22,24-26H2,1-13H3,(H,45,51)(H,46,52)(H,47,53)(H,55,56)/b28-23+. The molecule has 0 saturated carbocycles. The highest BCUT2D eigenvalue weighted by molar-refractivity contribution is 5.96. The predicted octanol–water partition coefficient (Wildman–Crippen LogP) is 4.48. The van der Waals surface area contributed by atoms with Crippen molar-refractivity contribution in [2.45, 2.75) is 124 Å². The molecule has 0 spiro atoms. The van der Waals surface area contributed by atoms with Crippen LogP contribution in [-0.4, -0.2) is 120 Å². The fourth-order valence-electron chi connectivity index (χ4n) is 6.70. The van der Waals surface area contributed by atoms with Gasteiger partial charge in [-0.05, 0) is 77.6 Å². The van der Waals surface area contributed by atoms with E-state index >= 15 is 0 Å². The van der Waals surface area contributed by atoms with Gasteiger partial charge in [0.05, 0.1) is 0 Å². The van der Waals surface area contributed by atoms with Gasteiger partial charge in [0, 0.05) is 68.7 Å². The summed E-state index contributed by atoms with van der Waals surface area (Å²) in [6.45, 7) is 17.3. The third kappa shape index (κ3) is 14.2. The number of carbonyl (C=O) groups is 6. The van der Waals surface area contributed by atoms with Gasteiger partial charge in [0.25, 0.3) is 0 Å². The molecule has 15 heteroatoms. The van der Waals surface area contributed by atoms with Crippen molar-refractivity contribution in [2.75, 3.05) is 40.8 Å². The molecule has 5 N–H and O–H groups in total. The van der Waals surface area contributed by atoms with Crippen LogP contribution in [0.1, 0.15) is 100.0 Å².